The summed E-state index contributed by atoms with van der Waals surface area (Å²) in [5, 5.41) is 3.71. The van der Waals surface area contributed by atoms with E-state index in [4.69, 9.17) is 31.5 Å². The summed E-state index contributed by atoms with van der Waals surface area (Å²) >= 11 is 5.98. The summed E-state index contributed by atoms with van der Waals surface area (Å²) in [5.41, 5.74) is 7.09. The molecular weight excluding hydrogens is 344 g/mol. The number of hydrogen-bond donors (Lipinski definition) is 2. The minimum Gasteiger partial charge on any atom is -0.485 e. The van der Waals surface area contributed by atoms with Crippen molar-refractivity contribution in [2.24, 2.45) is 5.73 Å². The zero-order valence-electron chi connectivity index (χ0n) is 13.8. The van der Waals surface area contributed by atoms with Crippen LogP contribution in [0.5, 0.6) is 17.2 Å². The van der Waals surface area contributed by atoms with E-state index in [0.717, 1.165) is 11.1 Å². The van der Waals surface area contributed by atoms with Crippen molar-refractivity contribution in [3.8, 4) is 17.2 Å². The summed E-state index contributed by atoms with van der Waals surface area (Å²) in [4.78, 5) is 11.1. The Morgan fingerprint density at radius 2 is 2.12 bits per heavy atom. The molecule has 1 aliphatic rings. The molecule has 1 aliphatic heterocycles. The Balaban J connectivity index is 1.72. The van der Waals surface area contributed by atoms with Crippen molar-refractivity contribution in [3.63, 3.8) is 0 Å². The highest BCUT2D eigenvalue weighted by Gasteiger charge is 2.23. The SMILES string of the molecule is CC(NCc1ccc(OCc2cccc(Cl)c2)c2c1OCO2)C(N)=O. The number of nitrogens with two attached hydrogens (primary N) is 1. The van der Waals surface area contributed by atoms with Crippen LogP contribution in [0.2, 0.25) is 5.02 Å². The smallest absolute Gasteiger partial charge is 0.234 e. The van der Waals surface area contributed by atoms with Gasteiger partial charge in [-0.05, 0) is 30.7 Å². The van der Waals surface area contributed by atoms with E-state index in [2.05, 4.69) is 5.32 Å². The fraction of sp³-hybridized carbons (Fsp3) is 0.278. The van der Waals surface area contributed by atoms with Crippen LogP contribution in [0.15, 0.2) is 36.4 Å². The predicted molar refractivity (Wildman–Crippen MR) is 93.8 cm³/mol. The molecule has 1 heterocycles. The first-order valence-electron chi connectivity index (χ1n) is 7.86. The van der Waals surface area contributed by atoms with Crippen LogP contribution in [0.3, 0.4) is 0 Å². The Hall–Kier alpha value is -2.44. The second-order valence-corrected chi connectivity index (χ2v) is 6.15. The molecule has 132 valence electrons. The van der Waals surface area contributed by atoms with Crippen LogP contribution in [-0.2, 0) is 17.9 Å². The molecule has 1 amide bonds. The standard InChI is InChI=1S/C18H19ClN2O4/c1-11(18(20)22)21-8-13-5-6-15(17-16(13)24-10-25-17)23-9-12-3-2-4-14(19)7-12/h2-7,11,21H,8-10H2,1H3,(H2,20,22). The highest BCUT2D eigenvalue weighted by Crippen LogP contribution is 2.43. The number of ether oxygens (including phenoxy) is 3. The van der Waals surface area contributed by atoms with E-state index in [-0.39, 0.29) is 6.79 Å². The number of amides is 1. The zero-order valence-corrected chi connectivity index (χ0v) is 14.5. The van der Waals surface area contributed by atoms with Crippen LogP contribution in [0, 0.1) is 0 Å². The molecule has 2 aromatic rings. The lowest BCUT2D eigenvalue weighted by atomic mass is 10.1. The van der Waals surface area contributed by atoms with Gasteiger partial charge >= 0.3 is 0 Å². The molecule has 0 bridgehead atoms. The van der Waals surface area contributed by atoms with Gasteiger partial charge in [-0.25, -0.2) is 0 Å². The number of rotatable bonds is 7. The molecule has 3 rings (SSSR count). The highest BCUT2D eigenvalue weighted by atomic mass is 35.5. The first-order valence-corrected chi connectivity index (χ1v) is 8.24. The van der Waals surface area contributed by atoms with E-state index in [1.807, 2.05) is 36.4 Å². The normalized spacial score (nSPS) is 13.5. The van der Waals surface area contributed by atoms with Crippen LogP contribution < -0.4 is 25.3 Å². The lowest BCUT2D eigenvalue weighted by molar-refractivity contribution is -0.119. The van der Waals surface area contributed by atoms with Crippen LogP contribution in [-0.4, -0.2) is 18.7 Å². The van der Waals surface area contributed by atoms with Crippen LogP contribution >= 0.6 is 11.6 Å². The summed E-state index contributed by atoms with van der Waals surface area (Å²) in [6, 6.07) is 10.7. The van der Waals surface area contributed by atoms with E-state index in [9.17, 15) is 4.79 Å². The second kappa shape index (κ2) is 7.63. The Labute approximate surface area is 150 Å². The van der Waals surface area contributed by atoms with Gasteiger partial charge in [0.15, 0.2) is 11.5 Å². The molecule has 0 saturated heterocycles. The Morgan fingerprint density at radius 3 is 2.88 bits per heavy atom. The van der Waals surface area contributed by atoms with Crippen molar-refractivity contribution in [2.75, 3.05) is 6.79 Å². The fourth-order valence-corrected chi connectivity index (χ4v) is 2.64. The molecule has 0 aromatic heterocycles. The number of nitrogens with one attached hydrogen (secondary N) is 1. The number of carbonyl (C=O) groups excluding carboxylic acids is 1. The molecule has 0 saturated carbocycles. The number of benzene rings is 2. The minimum atomic E-state index is -0.434. The van der Waals surface area contributed by atoms with Crippen LogP contribution in [0.4, 0.5) is 0 Å². The number of primary amides is 1. The molecule has 1 unspecified atom stereocenters. The van der Waals surface area contributed by atoms with E-state index in [1.54, 1.807) is 6.92 Å². The average molecular weight is 363 g/mol. The summed E-state index contributed by atoms with van der Waals surface area (Å²) in [7, 11) is 0. The molecule has 25 heavy (non-hydrogen) atoms. The van der Waals surface area contributed by atoms with Gasteiger partial charge < -0.3 is 25.3 Å². The van der Waals surface area contributed by atoms with Gasteiger partial charge in [0.2, 0.25) is 18.4 Å². The topological polar surface area (TPSA) is 82.8 Å². The minimum absolute atomic E-state index is 0.130. The Kier molecular flexibility index (Phi) is 5.31. The molecular formula is C18H19ClN2O4. The molecule has 3 N–H and O–H groups in total. The summed E-state index contributed by atoms with van der Waals surface area (Å²) in [5.74, 6) is 1.37. The summed E-state index contributed by atoms with van der Waals surface area (Å²) in [6.45, 7) is 2.64. The van der Waals surface area contributed by atoms with Crippen molar-refractivity contribution in [2.45, 2.75) is 26.1 Å². The van der Waals surface area contributed by atoms with E-state index in [0.29, 0.717) is 35.4 Å². The van der Waals surface area contributed by atoms with E-state index >= 15 is 0 Å². The molecule has 1 atom stereocenters. The van der Waals surface area contributed by atoms with Gasteiger partial charge in [-0.15, -0.1) is 0 Å². The predicted octanol–water partition coefficient (Wildman–Crippen LogP) is 2.61. The third kappa shape index (κ3) is 4.15. The fourth-order valence-electron chi connectivity index (χ4n) is 2.43. The monoisotopic (exact) mass is 362 g/mol. The zero-order chi connectivity index (χ0) is 17.8. The van der Waals surface area contributed by atoms with E-state index in [1.165, 1.54) is 0 Å². The number of carbonyl (C=O) groups is 1. The number of halogens is 1. The van der Waals surface area contributed by atoms with Crippen molar-refractivity contribution < 1.29 is 19.0 Å². The van der Waals surface area contributed by atoms with Gasteiger partial charge in [0.25, 0.3) is 0 Å². The first kappa shape index (κ1) is 17.4. The quantitative estimate of drug-likeness (QED) is 0.791. The Morgan fingerprint density at radius 1 is 1.32 bits per heavy atom. The molecule has 6 nitrogen and oxygen atoms in total. The molecule has 0 aliphatic carbocycles. The van der Waals surface area contributed by atoms with Crippen molar-refractivity contribution in [3.05, 3.63) is 52.5 Å². The molecule has 0 fully saturated rings. The molecule has 2 aromatic carbocycles. The second-order valence-electron chi connectivity index (χ2n) is 5.71. The van der Waals surface area contributed by atoms with Gasteiger partial charge in [0.05, 0.1) is 6.04 Å². The number of hydrogen-bond acceptors (Lipinski definition) is 5. The van der Waals surface area contributed by atoms with E-state index < -0.39 is 11.9 Å². The van der Waals surface area contributed by atoms with Crippen molar-refractivity contribution >= 4 is 17.5 Å². The maximum atomic E-state index is 11.1. The maximum absolute atomic E-state index is 11.1. The third-order valence-electron chi connectivity index (χ3n) is 3.87. The largest absolute Gasteiger partial charge is 0.485 e. The maximum Gasteiger partial charge on any atom is 0.234 e. The third-order valence-corrected chi connectivity index (χ3v) is 4.11. The lowest BCUT2D eigenvalue weighted by Crippen LogP contribution is -2.38. The molecule has 7 heteroatoms. The number of fused-ring (bicyclic) bond motifs is 1. The van der Waals surface area contributed by atoms with Gasteiger partial charge in [-0.1, -0.05) is 29.8 Å². The Bertz CT molecular complexity index is 782. The lowest BCUT2D eigenvalue weighted by Gasteiger charge is -2.14. The van der Waals surface area contributed by atoms with Crippen LogP contribution in [0.25, 0.3) is 0 Å². The summed E-state index contributed by atoms with van der Waals surface area (Å²) < 4.78 is 16.9. The first-order chi connectivity index (χ1) is 12.0. The van der Waals surface area contributed by atoms with Gasteiger partial charge in [0, 0.05) is 17.1 Å². The average Bonchev–Trinajstić information content (AvgIpc) is 3.08. The van der Waals surface area contributed by atoms with Crippen LogP contribution in [0.1, 0.15) is 18.1 Å². The van der Waals surface area contributed by atoms with Gasteiger partial charge in [0.1, 0.15) is 6.61 Å². The molecule has 0 spiro atoms. The van der Waals surface area contributed by atoms with Crippen molar-refractivity contribution in [1.82, 2.24) is 5.32 Å². The molecule has 0 radical (unpaired) electrons. The summed E-state index contributed by atoms with van der Waals surface area (Å²) in [6.07, 6.45) is 0. The van der Waals surface area contributed by atoms with Gasteiger partial charge in [-0.2, -0.15) is 0 Å². The highest BCUT2D eigenvalue weighted by molar-refractivity contribution is 6.30. The van der Waals surface area contributed by atoms with Crippen molar-refractivity contribution in [1.29, 1.82) is 0 Å². The van der Waals surface area contributed by atoms with Gasteiger partial charge in [-0.3, -0.25) is 4.79 Å².